The lowest BCUT2D eigenvalue weighted by Crippen LogP contribution is -2.31. The number of fused-ring (bicyclic) bond motifs is 1. The first-order chi connectivity index (χ1) is 12.5. The minimum atomic E-state index is -0.964. The van der Waals surface area contributed by atoms with Crippen molar-refractivity contribution in [2.45, 2.75) is 20.0 Å². The maximum Gasteiger partial charge on any atom is 0.344 e. The molecule has 1 N–H and O–H groups in total. The highest BCUT2D eigenvalue weighted by Gasteiger charge is 2.20. The summed E-state index contributed by atoms with van der Waals surface area (Å²) in [5.41, 5.74) is 1.55. The Morgan fingerprint density at radius 1 is 1.15 bits per heavy atom. The number of carbonyl (C=O) groups excluding carboxylic acids is 2. The zero-order valence-corrected chi connectivity index (χ0v) is 14.5. The van der Waals surface area contributed by atoms with Gasteiger partial charge in [-0.15, -0.1) is 0 Å². The maximum absolute atomic E-state index is 12.2. The average Bonchev–Trinajstić information content (AvgIpc) is 3.07. The van der Waals surface area contributed by atoms with Crippen LogP contribution in [0.25, 0.3) is 0 Å². The molecule has 26 heavy (non-hydrogen) atoms. The van der Waals surface area contributed by atoms with Gasteiger partial charge in [0.1, 0.15) is 5.75 Å². The van der Waals surface area contributed by atoms with E-state index in [2.05, 4.69) is 5.32 Å². The van der Waals surface area contributed by atoms with Crippen molar-refractivity contribution in [3.05, 3.63) is 48.0 Å². The summed E-state index contributed by atoms with van der Waals surface area (Å²) in [7, 11) is 0. The number of nitrogens with one attached hydrogen (secondary N) is 1. The van der Waals surface area contributed by atoms with Crippen molar-refractivity contribution >= 4 is 17.6 Å². The van der Waals surface area contributed by atoms with Crippen molar-refractivity contribution in [3.63, 3.8) is 0 Å². The van der Waals surface area contributed by atoms with Crippen LogP contribution in [-0.2, 0) is 14.3 Å². The lowest BCUT2D eigenvalue weighted by Gasteiger charge is -2.14. The molecule has 3 rings (SSSR count). The zero-order valence-electron chi connectivity index (χ0n) is 14.5. The summed E-state index contributed by atoms with van der Waals surface area (Å²) < 4.78 is 20.9. The summed E-state index contributed by atoms with van der Waals surface area (Å²) in [6.45, 7) is 3.30. The van der Waals surface area contributed by atoms with Crippen LogP contribution in [0.1, 0.15) is 12.5 Å². The summed E-state index contributed by atoms with van der Waals surface area (Å²) in [6.07, 6.45) is -0.964. The van der Waals surface area contributed by atoms with Crippen LogP contribution in [0, 0.1) is 6.92 Å². The first-order valence-electron chi connectivity index (χ1n) is 8.11. The van der Waals surface area contributed by atoms with E-state index in [0.717, 1.165) is 5.56 Å². The van der Waals surface area contributed by atoms with E-state index in [0.29, 0.717) is 22.9 Å². The molecule has 1 aliphatic rings. The Balaban J connectivity index is 1.48. The van der Waals surface area contributed by atoms with Gasteiger partial charge in [0.2, 0.25) is 6.79 Å². The first kappa shape index (κ1) is 17.6. The number of benzene rings is 2. The molecule has 0 unspecified atom stereocenters. The van der Waals surface area contributed by atoms with Gasteiger partial charge in [-0.25, -0.2) is 4.79 Å². The predicted molar refractivity (Wildman–Crippen MR) is 93.4 cm³/mol. The highest BCUT2D eigenvalue weighted by Crippen LogP contribution is 2.34. The Labute approximate surface area is 150 Å². The van der Waals surface area contributed by atoms with Gasteiger partial charge in [-0.1, -0.05) is 12.1 Å². The Morgan fingerprint density at radius 3 is 2.77 bits per heavy atom. The number of hydrogen-bond donors (Lipinski definition) is 1. The molecule has 0 aromatic heterocycles. The maximum atomic E-state index is 12.2. The van der Waals surface area contributed by atoms with E-state index >= 15 is 0 Å². The molecular formula is C19H19NO6. The summed E-state index contributed by atoms with van der Waals surface area (Å²) in [4.78, 5) is 24.0. The molecular weight excluding hydrogens is 338 g/mol. The van der Waals surface area contributed by atoms with Crippen LogP contribution in [0.3, 0.4) is 0 Å². The summed E-state index contributed by atoms with van der Waals surface area (Å²) in [5.74, 6) is 0.668. The number of aryl methyl sites for hydroxylation is 1. The second-order valence-electron chi connectivity index (χ2n) is 5.79. The van der Waals surface area contributed by atoms with E-state index in [1.807, 2.05) is 25.1 Å². The molecule has 0 bridgehead atoms. The van der Waals surface area contributed by atoms with E-state index in [1.165, 1.54) is 6.92 Å². The molecule has 7 nitrogen and oxygen atoms in total. The van der Waals surface area contributed by atoms with Crippen LogP contribution in [0.5, 0.6) is 17.2 Å². The molecule has 0 aliphatic carbocycles. The van der Waals surface area contributed by atoms with Crippen molar-refractivity contribution in [1.82, 2.24) is 0 Å². The number of rotatable bonds is 6. The highest BCUT2D eigenvalue weighted by molar-refractivity contribution is 5.95. The van der Waals surface area contributed by atoms with Crippen LogP contribution in [0.4, 0.5) is 5.69 Å². The Morgan fingerprint density at radius 2 is 1.96 bits per heavy atom. The van der Waals surface area contributed by atoms with Crippen LogP contribution >= 0.6 is 0 Å². The number of carbonyl (C=O) groups is 2. The van der Waals surface area contributed by atoms with Crippen LogP contribution < -0.4 is 19.5 Å². The number of anilines is 1. The topological polar surface area (TPSA) is 83.1 Å². The molecule has 1 aliphatic heterocycles. The van der Waals surface area contributed by atoms with Crippen LogP contribution in [0.2, 0.25) is 0 Å². The van der Waals surface area contributed by atoms with Crippen molar-refractivity contribution in [2.75, 3.05) is 18.7 Å². The van der Waals surface area contributed by atoms with Gasteiger partial charge in [-0.2, -0.15) is 0 Å². The minimum Gasteiger partial charge on any atom is -0.482 e. The van der Waals surface area contributed by atoms with E-state index < -0.39 is 18.0 Å². The number of esters is 1. The number of hydrogen-bond acceptors (Lipinski definition) is 6. The average molecular weight is 357 g/mol. The van der Waals surface area contributed by atoms with Crippen molar-refractivity contribution in [3.8, 4) is 17.2 Å². The molecule has 136 valence electrons. The molecule has 0 saturated heterocycles. The second-order valence-corrected chi connectivity index (χ2v) is 5.79. The lowest BCUT2D eigenvalue weighted by atomic mass is 10.2. The number of amides is 1. The minimum absolute atomic E-state index is 0.154. The van der Waals surface area contributed by atoms with E-state index in [9.17, 15) is 9.59 Å². The Hall–Kier alpha value is -3.22. The molecule has 0 spiro atoms. The molecule has 1 heterocycles. The van der Waals surface area contributed by atoms with E-state index in [4.69, 9.17) is 18.9 Å². The molecule has 1 atom stereocenters. The fourth-order valence-corrected chi connectivity index (χ4v) is 2.35. The van der Waals surface area contributed by atoms with Crippen LogP contribution in [-0.4, -0.2) is 31.4 Å². The van der Waals surface area contributed by atoms with Crippen molar-refractivity contribution < 1.29 is 28.5 Å². The predicted octanol–water partition coefficient (Wildman–Crippen LogP) is 2.67. The van der Waals surface area contributed by atoms with Gasteiger partial charge in [-0.05, 0) is 43.7 Å². The van der Waals surface area contributed by atoms with Gasteiger partial charge in [0.25, 0.3) is 5.91 Å². The van der Waals surface area contributed by atoms with Gasteiger partial charge < -0.3 is 24.3 Å². The van der Waals surface area contributed by atoms with Gasteiger partial charge >= 0.3 is 5.97 Å². The van der Waals surface area contributed by atoms with Gasteiger partial charge in [0.05, 0.1) is 0 Å². The summed E-state index contributed by atoms with van der Waals surface area (Å²) in [5, 5.41) is 2.67. The molecule has 1 amide bonds. The normalized spacial score (nSPS) is 13.0. The molecule has 0 fully saturated rings. The monoisotopic (exact) mass is 357 g/mol. The van der Waals surface area contributed by atoms with E-state index in [1.54, 1.807) is 24.3 Å². The SMILES string of the molecule is Cc1cccc(OCC(=O)O[C@@H](C)C(=O)Nc2ccc3c(c2)OCO3)c1. The van der Waals surface area contributed by atoms with Crippen molar-refractivity contribution in [2.24, 2.45) is 0 Å². The fraction of sp³-hybridized carbons (Fsp3) is 0.263. The summed E-state index contributed by atoms with van der Waals surface area (Å²) in [6, 6.07) is 12.3. The van der Waals surface area contributed by atoms with Crippen molar-refractivity contribution in [1.29, 1.82) is 0 Å². The number of ether oxygens (including phenoxy) is 4. The third kappa shape index (κ3) is 4.44. The van der Waals surface area contributed by atoms with E-state index in [-0.39, 0.29) is 13.4 Å². The molecule has 0 radical (unpaired) electrons. The first-order valence-corrected chi connectivity index (χ1v) is 8.11. The van der Waals surface area contributed by atoms with Crippen LogP contribution in [0.15, 0.2) is 42.5 Å². The van der Waals surface area contributed by atoms with Gasteiger partial charge in [0, 0.05) is 11.8 Å². The third-order valence-corrected chi connectivity index (χ3v) is 3.66. The Bertz CT molecular complexity index is 819. The largest absolute Gasteiger partial charge is 0.482 e. The highest BCUT2D eigenvalue weighted by atomic mass is 16.7. The summed E-state index contributed by atoms with van der Waals surface area (Å²) >= 11 is 0. The molecule has 7 heteroatoms. The van der Waals surface area contributed by atoms with Gasteiger partial charge in [0.15, 0.2) is 24.2 Å². The standard InChI is InChI=1S/C19H19NO6/c1-12-4-3-5-15(8-12)23-10-18(21)26-13(2)19(22)20-14-6-7-16-17(9-14)25-11-24-16/h3-9,13H,10-11H2,1-2H3,(H,20,22)/t13-/m0/s1. The molecule has 2 aromatic carbocycles. The third-order valence-electron chi connectivity index (χ3n) is 3.66. The molecule has 0 saturated carbocycles. The second kappa shape index (κ2) is 7.77. The Kier molecular flexibility index (Phi) is 5.26. The fourth-order valence-electron chi connectivity index (χ4n) is 2.35. The zero-order chi connectivity index (χ0) is 18.5. The van der Waals surface area contributed by atoms with Gasteiger partial charge in [-0.3, -0.25) is 4.79 Å². The smallest absolute Gasteiger partial charge is 0.344 e. The quantitative estimate of drug-likeness (QED) is 0.801. The molecule has 2 aromatic rings. The lowest BCUT2D eigenvalue weighted by molar-refractivity contribution is -0.155.